The molecule has 0 heterocycles. The average Bonchev–Trinajstić information content (AvgIpc) is 2.59. The summed E-state index contributed by atoms with van der Waals surface area (Å²) < 4.78 is 12.1. The molecule has 0 aromatic heterocycles. The van der Waals surface area contributed by atoms with Crippen LogP contribution in [0.15, 0.2) is 0 Å². The van der Waals surface area contributed by atoms with Crippen LogP contribution in [0.4, 0.5) is 0 Å². The van der Waals surface area contributed by atoms with Crippen molar-refractivity contribution < 1.29 is 4.21 Å². The molecule has 14 heavy (non-hydrogen) atoms. The van der Waals surface area contributed by atoms with E-state index >= 15 is 0 Å². The summed E-state index contributed by atoms with van der Waals surface area (Å²) in [7, 11) is -0.689. The van der Waals surface area contributed by atoms with Gasteiger partial charge in [0.25, 0.3) is 0 Å². The molecule has 0 radical (unpaired) electrons. The largest absolute Gasteiger partial charge is 0.325 e. The Kier molecular flexibility index (Phi) is 2.73. The van der Waals surface area contributed by atoms with Crippen molar-refractivity contribution in [3.05, 3.63) is 0 Å². The van der Waals surface area contributed by atoms with Crippen molar-refractivity contribution in [2.75, 3.05) is 5.75 Å². The van der Waals surface area contributed by atoms with Gasteiger partial charge in [0.2, 0.25) is 0 Å². The van der Waals surface area contributed by atoms with E-state index in [2.05, 4.69) is 0 Å². The summed E-state index contributed by atoms with van der Waals surface area (Å²) >= 11 is 0. The molecule has 4 atom stereocenters. The number of fused-ring (bicyclic) bond motifs is 2. The molecule has 0 amide bonds. The number of rotatable bonds is 3. The van der Waals surface area contributed by atoms with Crippen molar-refractivity contribution in [1.29, 1.82) is 0 Å². The fourth-order valence-corrected chi connectivity index (χ4v) is 5.09. The number of nitrogens with two attached hydrogens (primary N) is 1. The third-order valence-electron chi connectivity index (χ3n) is 3.53. The molecule has 2 aliphatic rings. The summed E-state index contributed by atoms with van der Waals surface area (Å²) in [6.45, 7) is 3.94. The minimum absolute atomic E-state index is 0.271. The van der Waals surface area contributed by atoms with E-state index in [9.17, 15) is 4.21 Å². The maximum Gasteiger partial charge on any atom is 0.0412 e. The average molecular weight is 215 g/mol. The van der Waals surface area contributed by atoms with Crippen LogP contribution in [0.1, 0.15) is 39.5 Å². The van der Waals surface area contributed by atoms with E-state index in [1.807, 2.05) is 13.8 Å². The zero-order valence-electron chi connectivity index (χ0n) is 9.16. The molecule has 2 N–H and O–H groups in total. The highest BCUT2D eigenvalue weighted by molar-refractivity contribution is 7.85. The molecule has 4 unspecified atom stereocenters. The van der Waals surface area contributed by atoms with Crippen molar-refractivity contribution in [2.24, 2.45) is 17.6 Å². The second-order valence-electron chi connectivity index (χ2n) is 5.73. The molecule has 0 saturated heterocycles. The second kappa shape index (κ2) is 3.60. The van der Waals surface area contributed by atoms with Crippen molar-refractivity contribution in [3.63, 3.8) is 0 Å². The smallest absolute Gasteiger partial charge is 0.0412 e. The fraction of sp³-hybridized carbons (Fsp3) is 1.00. The zero-order chi connectivity index (χ0) is 10.3. The van der Waals surface area contributed by atoms with Crippen LogP contribution in [0.3, 0.4) is 0 Å². The van der Waals surface area contributed by atoms with Crippen molar-refractivity contribution in [2.45, 2.75) is 50.3 Å². The van der Waals surface area contributed by atoms with Crippen molar-refractivity contribution in [3.8, 4) is 0 Å². The molecule has 0 aromatic carbocycles. The fourth-order valence-electron chi connectivity index (χ4n) is 2.98. The Morgan fingerprint density at radius 1 is 1.36 bits per heavy atom. The van der Waals surface area contributed by atoms with E-state index in [0.29, 0.717) is 11.0 Å². The standard InChI is InChI=1S/C11H21NOS/c1-11(2,12)7-14(13)10-6-8-3-4-9(10)5-8/h8-10H,3-7,12H2,1-2H3. The normalized spacial score (nSPS) is 38.9. The Morgan fingerprint density at radius 3 is 2.50 bits per heavy atom. The highest BCUT2D eigenvalue weighted by Crippen LogP contribution is 2.46. The molecule has 0 aliphatic heterocycles. The van der Waals surface area contributed by atoms with Gasteiger partial charge in [-0.25, -0.2) is 0 Å². The highest BCUT2D eigenvalue weighted by Gasteiger charge is 2.42. The van der Waals surface area contributed by atoms with Gasteiger partial charge >= 0.3 is 0 Å². The third-order valence-corrected chi connectivity index (χ3v) is 5.81. The summed E-state index contributed by atoms with van der Waals surface area (Å²) in [5, 5.41) is 0.469. The predicted molar refractivity (Wildman–Crippen MR) is 60.5 cm³/mol. The van der Waals surface area contributed by atoms with Crippen LogP contribution < -0.4 is 5.73 Å². The predicted octanol–water partition coefficient (Wildman–Crippen LogP) is 1.66. The first-order valence-corrected chi connectivity index (χ1v) is 7.00. The summed E-state index contributed by atoms with van der Waals surface area (Å²) in [5.74, 6) is 2.30. The van der Waals surface area contributed by atoms with Crippen LogP contribution >= 0.6 is 0 Å². The Balaban J connectivity index is 1.93. The Labute approximate surface area is 89.1 Å². The maximum atomic E-state index is 12.1. The van der Waals surface area contributed by atoms with E-state index in [1.165, 1.54) is 25.7 Å². The molecule has 2 rings (SSSR count). The van der Waals surface area contributed by atoms with Gasteiger partial charge in [0.05, 0.1) is 0 Å². The van der Waals surface area contributed by atoms with Gasteiger partial charge in [-0.2, -0.15) is 0 Å². The highest BCUT2D eigenvalue weighted by atomic mass is 32.2. The van der Waals surface area contributed by atoms with E-state index in [-0.39, 0.29) is 5.54 Å². The second-order valence-corrected chi connectivity index (χ2v) is 7.38. The van der Waals surface area contributed by atoms with Crippen LogP contribution in [0.5, 0.6) is 0 Å². The van der Waals surface area contributed by atoms with Crippen LogP contribution in [-0.4, -0.2) is 20.8 Å². The molecular formula is C11H21NOS. The van der Waals surface area contributed by atoms with Crippen LogP contribution in [0.25, 0.3) is 0 Å². The SMILES string of the molecule is CC(C)(N)CS(=O)C1CC2CCC1C2. The quantitative estimate of drug-likeness (QED) is 0.778. The van der Waals surface area contributed by atoms with Crippen molar-refractivity contribution >= 4 is 10.8 Å². The summed E-state index contributed by atoms with van der Waals surface area (Å²) in [6.07, 6.45) is 5.23. The van der Waals surface area contributed by atoms with Crippen LogP contribution in [0, 0.1) is 11.8 Å². The molecule has 2 fully saturated rings. The van der Waals surface area contributed by atoms with Crippen LogP contribution in [-0.2, 0) is 10.8 Å². The summed E-state index contributed by atoms with van der Waals surface area (Å²) in [4.78, 5) is 0. The molecule has 0 spiro atoms. The van der Waals surface area contributed by atoms with Crippen molar-refractivity contribution in [1.82, 2.24) is 0 Å². The van der Waals surface area contributed by atoms with Gasteiger partial charge in [-0.15, -0.1) is 0 Å². The van der Waals surface area contributed by atoms with Gasteiger partial charge in [0.15, 0.2) is 0 Å². The maximum absolute atomic E-state index is 12.1. The minimum Gasteiger partial charge on any atom is -0.325 e. The first kappa shape index (κ1) is 10.6. The lowest BCUT2D eigenvalue weighted by molar-refractivity contribution is 0.477. The number of hydrogen-bond donors (Lipinski definition) is 1. The lowest BCUT2D eigenvalue weighted by Crippen LogP contribution is -2.41. The first-order chi connectivity index (χ1) is 6.46. The molecule has 2 saturated carbocycles. The molecule has 2 aliphatic carbocycles. The van der Waals surface area contributed by atoms with E-state index in [0.717, 1.165) is 11.8 Å². The Bertz CT molecular complexity index is 246. The van der Waals surface area contributed by atoms with Crippen LogP contribution in [0.2, 0.25) is 0 Å². The van der Waals surface area contributed by atoms with Gasteiger partial charge in [-0.1, -0.05) is 6.42 Å². The Morgan fingerprint density at radius 2 is 2.07 bits per heavy atom. The summed E-state index contributed by atoms with van der Waals surface area (Å²) in [6, 6.07) is 0. The van der Waals surface area contributed by atoms with Gasteiger partial charge in [0, 0.05) is 27.3 Å². The lowest BCUT2D eigenvalue weighted by Gasteiger charge is -2.25. The van der Waals surface area contributed by atoms with E-state index < -0.39 is 10.8 Å². The molecule has 2 bridgehead atoms. The van der Waals surface area contributed by atoms with E-state index in [1.54, 1.807) is 0 Å². The lowest BCUT2D eigenvalue weighted by atomic mass is 10.0. The first-order valence-electron chi connectivity index (χ1n) is 5.62. The monoisotopic (exact) mass is 215 g/mol. The Hall–Kier alpha value is 0.110. The number of hydrogen-bond acceptors (Lipinski definition) is 2. The van der Waals surface area contributed by atoms with Gasteiger partial charge in [0.1, 0.15) is 0 Å². The van der Waals surface area contributed by atoms with Gasteiger partial charge in [-0.3, -0.25) is 4.21 Å². The third kappa shape index (κ3) is 2.19. The molecular weight excluding hydrogens is 194 g/mol. The zero-order valence-corrected chi connectivity index (χ0v) is 9.98. The molecule has 0 aromatic rings. The molecule has 82 valence electrons. The molecule has 3 heteroatoms. The van der Waals surface area contributed by atoms with E-state index in [4.69, 9.17) is 5.73 Å². The van der Waals surface area contributed by atoms with Gasteiger partial charge in [-0.05, 0) is 44.9 Å². The van der Waals surface area contributed by atoms with Gasteiger partial charge < -0.3 is 5.73 Å². The molecule has 2 nitrogen and oxygen atoms in total. The minimum atomic E-state index is -0.689. The topological polar surface area (TPSA) is 43.1 Å². The summed E-state index contributed by atoms with van der Waals surface area (Å²) in [5.41, 5.74) is 5.64.